The van der Waals surface area contributed by atoms with Crippen molar-refractivity contribution >= 4 is 5.91 Å². The Labute approximate surface area is 127 Å². The van der Waals surface area contributed by atoms with Crippen molar-refractivity contribution in [1.29, 1.82) is 0 Å². The van der Waals surface area contributed by atoms with E-state index in [-0.39, 0.29) is 18.4 Å². The van der Waals surface area contributed by atoms with Crippen molar-refractivity contribution in [2.75, 3.05) is 66.6 Å². The van der Waals surface area contributed by atoms with Gasteiger partial charge in [-0.1, -0.05) is 0 Å². The monoisotopic (exact) mass is 299 g/mol. The second-order valence-electron chi connectivity index (χ2n) is 6.29. The van der Waals surface area contributed by atoms with Crippen LogP contribution in [0.15, 0.2) is 0 Å². The van der Waals surface area contributed by atoms with Crippen LogP contribution < -0.4 is 0 Å². The Balaban J connectivity index is 2.04. The molecule has 122 valence electrons. The van der Waals surface area contributed by atoms with Crippen LogP contribution in [0.1, 0.15) is 12.8 Å². The largest absolute Gasteiger partial charge is 0.395 e. The first-order valence-corrected chi connectivity index (χ1v) is 7.98. The molecule has 1 amide bonds. The normalized spacial score (nSPS) is 26.5. The van der Waals surface area contributed by atoms with Crippen molar-refractivity contribution in [3.8, 4) is 0 Å². The number of aliphatic hydroxyl groups is 1. The predicted molar refractivity (Wildman–Crippen MR) is 81.1 cm³/mol. The van der Waals surface area contributed by atoms with E-state index >= 15 is 0 Å². The van der Waals surface area contributed by atoms with E-state index in [1.807, 2.05) is 14.1 Å². The van der Waals surface area contributed by atoms with Gasteiger partial charge < -0.3 is 14.7 Å². The summed E-state index contributed by atoms with van der Waals surface area (Å²) in [6.07, 6.45) is 2.12. The second-order valence-corrected chi connectivity index (χ2v) is 6.29. The quantitative estimate of drug-likeness (QED) is 0.757. The van der Waals surface area contributed by atoms with Crippen LogP contribution >= 0.6 is 0 Å². The van der Waals surface area contributed by atoms with Gasteiger partial charge in [-0.3, -0.25) is 14.6 Å². The Morgan fingerprint density at radius 3 is 2.57 bits per heavy atom. The van der Waals surface area contributed by atoms with Gasteiger partial charge in [-0.2, -0.15) is 0 Å². The zero-order chi connectivity index (χ0) is 15.2. The van der Waals surface area contributed by atoms with E-state index in [1.165, 1.54) is 0 Å². The minimum absolute atomic E-state index is 0.00288. The standard InChI is InChI=1S/C15H29N3O3/c1-16(2)15(20)13-11-17(7-8-19)5-6-18(12-13)14-3-9-21-10-4-14/h13-14,19H,3-12H2,1-2H3. The van der Waals surface area contributed by atoms with Crippen molar-refractivity contribution in [1.82, 2.24) is 14.7 Å². The Bertz CT molecular complexity index is 332. The molecule has 2 aliphatic rings. The maximum atomic E-state index is 12.4. The molecule has 0 spiro atoms. The summed E-state index contributed by atoms with van der Waals surface area (Å²) in [6.45, 7) is 5.93. The fourth-order valence-corrected chi connectivity index (χ4v) is 3.35. The first-order valence-electron chi connectivity index (χ1n) is 7.98. The lowest BCUT2D eigenvalue weighted by Crippen LogP contribution is -2.45. The van der Waals surface area contributed by atoms with E-state index < -0.39 is 0 Å². The number of aliphatic hydroxyl groups excluding tert-OH is 1. The number of hydrogen-bond donors (Lipinski definition) is 1. The molecule has 0 aromatic carbocycles. The zero-order valence-electron chi connectivity index (χ0n) is 13.3. The molecule has 1 unspecified atom stereocenters. The van der Waals surface area contributed by atoms with Crippen LogP contribution in [0.5, 0.6) is 0 Å². The molecule has 0 bridgehead atoms. The highest BCUT2D eigenvalue weighted by Gasteiger charge is 2.32. The molecular weight excluding hydrogens is 270 g/mol. The van der Waals surface area contributed by atoms with Crippen LogP contribution in [0.25, 0.3) is 0 Å². The van der Waals surface area contributed by atoms with Crippen LogP contribution in [0.4, 0.5) is 0 Å². The van der Waals surface area contributed by atoms with Crippen molar-refractivity contribution in [3.63, 3.8) is 0 Å². The molecule has 0 radical (unpaired) electrons. The van der Waals surface area contributed by atoms with Gasteiger partial charge >= 0.3 is 0 Å². The average Bonchev–Trinajstić information content (AvgIpc) is 2.70. The van der Waals surface area contributed by atoms with E-state index in [1.54, 1.807) is 4.90 Å². The maximum Gasteiger partial charge on any atom is 0.227 e. The van der Waals surface area contributed by atoms with Gasteiger partial charge in [0.05, 0.1) is 12.5 Å². The van der Waals surface area contributed by atoms with Crippen molar-refractivity contribution in [2.45, 2.75) is 18.9 Å². The fourth-order valence-electron chi connectivity index (χ4n) is 3.35. The zero-order valence-corrected chi connectivity index (χ0v) is 13.3. The van der Waals surface area contributed by atoms with E-state index in [2.05, 4.69) is 9.80 Å². The van der Waals surface area contributed by atoms with Gasteiger partial charge in [0.15, 0.2) is 0 Å². The van der Waals surface area contributed by atoms with Crippen molar-refractivity contribution in [3.05, 3.63) is 0 Å². The van der Waals surface area contributed by atoms with Gasteiger partial charge in [0, 0.05) is 66.1 Å². The molecule has 6 heteroatoms. The summed E-state index contributed by atoms with van der Waals surface area (Å²) in [5.41, 5.74) is 0. The van der Waals surface area contributed by atoms with Crippen LogP contribution in [0.2, 0.25) is 0 Å². The summed E-state index contributed by atoms with van der Waals surface area (Å²) in [6, 6.07) is 0.533. The van der Waals surface area contributed by atoms with Crippen molar-refractivity contribution in [2.24, 2.45) is 5.92 Å². The first-order chi connectivity index (χ1) is 10.1. The molecule has 2 aliphatic heterocycles. The third kappa shape index (κ3) is 4.64. The summed E-state index contributed by atoms with van der Waals surface area (Å²) < 4.78 is 5.45. The number of rotatable bonds is 4. The molecule has 21 heavy (non-hydrogen) atoms. The van der Waals surface area contributed by atoms with Crippen LogP contribution in [0.3, 0.4) is 0 Å². The molecule has 2 rings (SSSR count). The van der Waals surface area contributed by atoms with Gasteiger partial charge in [0.2, 0.25) is 5.91 Å². The molecular formula is C15H29N3O3. The van der Waals surface area contributed by atoms with Crippen molar-refractivity contribution < 1.29 is 14.6 Å². The Morgan fingerprint density at radius 1 is 1.24 bits per heavy atom. The van der Waals surface area contributed by atoms with Gasteiger partial charge in [0.1, 0.15) is 0 Å². The number of carbonyl (C=O) groups is 1. The fraction of sp³-hybridized carbons (Fsp3) is 0.933. The number of β-amino-alcohol motifs (C(OH)–C–C–N with tert-alkyl or cyclic N) is 1. The molecule has 0 aromatic rings. The lowest BCUT2D eigenvalue weighted by molar-refractivity contribution is -0.134. The summed E-state index contributed by atoms with van der Waals surface area (Å²) >= 11 is 0. The maximum absolute atomic E-state index is 12.4. The topological polar surface area (TPSA) is 56.2 Å². The lowest BCUT2D eigenvalue weighted by Gasteiger charge is -2.34. The molecule has 6 nitrogen and oxygen atoms in total. The van der Waals surface area contributed by atoms with Gasteiger partial charge in [-0.05, 0) is 12.8 Å². The highest BCUT2D eigenvalue weighted by Crippen LogP contribution is 2.19. The van der Waals surface area contributed by atoms with E-state index in [0.29, 0.717) is 12.6 Å². The van der Waals surface area contributed by atoms with Crippen LogP contribution in [-0.2, 0) is 9.53 Å². The number of carbonyl (C=O) groups excluding carboxylic acids is 1. The predicted octanol–water partition coefficient (Wildman–Crippen LogP) is -0.520. The van der Waals surface area contributed by atoms with Crippen LogP contribution in [-0.4, -0.2) is 98.4 Å². The highest BCUT2D eigenvalue weighted by atomic mass is 16.5. The highest BCUT2D eigenvalue weighted by molar-refractivity contribution is 5.78. The molecule has 2 saturated heterocycles. The summed E-state index contributed by atoms with van der Waals surface area (Å²) in [4.78, 5) is 18.8. The van der Waals surface area contributed by atoms with Gasteiger partial charge in [-0.15, -0.1) is 0 Å². The van der Waals surface area contributed by atoms with Gasteiger partial charge in [-0.25, -0.2) is 0 Å². The second kappa shape index (κ2) is 8.08. The molecule has 0 saturated carbocycles. The molecule has 0 aromatic heterocycles. The Hall–Kier alpha value is -0.690. The summed E-state index contributed by atoms with van der Waals surface area (Å²) in [5.74, 6) is 0.189. The Morgan fingerprint density at radius 2 is 1.95 bits per heavy atom. The Kier molecular flexibility index (Phi) is 6.41. The molecule has 0 aliphatic carbocycles. The third-order valence-corrected chi connectivity index (χ3v) is 4.55. The molecule has 1 N–H and O–H groups in total. The number of nitrogens with zero attached hydrogens (tertiary/aromatic N) is 3. The molecule has 2 fully saturated rings. The van der Waals surface area contributed by atoms with Gasteiger partial charge in [0.25, 0.3) is 0 Å². The number of ether oxygens (including phenoxy) is 1. The lowest BCUT2D eigenvalue weighted by atomic mass is 10.0. The molecule has 2 heterocycles. The SMILES string of the molecule is CN(C)C(=O)C1CN(CCO)CCN(C2CCOCC2)C1. The minimum atomic E-state index is -0.00288. The average molecular weight is 299 g/mol. The van der Waals surface area contributed by atoms with E-state index in [9.17, 15) is 9.90 Å². The first kappa shape index (κ1) is 16.7. The minimum Gasteiger partial charge on any atom is -0.395 e. The van der Waals surface area contributed by atoms with E-state index in [4.69, 9.17) is 4.74 Å². The summed E-state index contributed by atoms with van der Waals surface area (Å²) in [5, 5.41) is 9.19. The molecule has 1 atom stereocenters. The van der Waals surface area contributed by atoms with Crippen LogP contribution in [0, 0.1) is 5.92 Å². The van der Waals surface area contributed by atoms with E-state index in [0.717, 1.165) is 52.2 Å². The summed E-state index contributed by atoms with van der Waals surface area (Å²) in [7, 11) is 3.64. The number of amides is 1. The number of hydrogen-bond acceptors (Lipinski definition) is 5. The third-order valence-electron chi connectivity index (χ3n) is 4.55. The smallest absolute Gasteiger partial charge is 0.227 e.